The van der Waals surface area contributed by atoms with Gasteiger partial charge in [-0.3, -0.25) is 0 Å². The lowest BCUT2D eigenvalue weighted by Gasteiger charge is -2.11. The van der Waals surface area contributed by atoms with Gasteiger partial charge < -0.3 is 10.1 Å². The number of methoxy groups -OCH3 is 1. The van der Waals surface area contributed by atoms with Crippen molar-refractivity contribution in [3.05, 3.63) is 53.1 Å². The lowest BCUT2D eigenvalue weighted by Crippen LogP contribution is -2.29. The van der Waals surface area contributed by atoms with Gasteiger partial charge in [0.1, 0.15) is 17.4 Å². The molecule has 2 aromatic heterocycles. The Morgan fingerprint density at radius 3 is 2.43 bits per heavy atom. The Morgan fingerprint density at radius 1 is 1.03 bits per heavy atom. The third kappa shape index (κ3) is 4.95. The summed E-state index contributed by atoms with van der Waals surface area (Å²) in [5, 5.41) is 7.58. The van der Waals surface area contributed by atoms with E-state index in [4.69, 9.17) is 4.74 Å². The van der Waals surface area contributed by atoms with E-state index in [9.17, 15) is 8.42 Å². The smallest absolute Gasteiger partial charge is 0.240 e. The molecule has 0 amide bonds. The maximum Gasteiger partial charge on any atom is 0.240 e. The lowest BCUT2D eigenvalue weighted by molar-refractivity contribution is 0.411. The number of hydrogen-bond donors (Lipinski definition) is 2. The summed E-state index contributed by atoms with van der Waals surface area (Å²) in [5.41, 5.74) is 2.63. The number of aryl methyl sites for hydroxylation is 4. The Labute approximate surface area is 176 Å². The molecule has 2 N–H and O–H groups in total. The van der Waals surface area contributed by atoms with Crippen LogP contribution < -0.4 is 14.8 Å². The molecular formula is C20H26N6O3S. The standard InChI is InChI=1S/C20H26N6O3S/c1-13-10-17(6-7-18(13)29-5)30(27,28)22-9-8-21-19-12-20(24-16(4)23-19)26-15(3)11-14(2)25-26/h6-7,10-12,22H,8-9H2,1-5H3,(H,21,23,24). The Balaban J connectivity index is 1.64. The summed E-state index contributed by atoms with van der Waals surface area (Å²) in [7, 11) is -2.07. The van der Waals surface area contributed by atoms with E-state index in [0.717, 1.165) is 17.0 Å². The van der Waals surface area contributed by atoms with Crippen molar-refractivity contribution in [2.75, 3.05) is 25.5 Å². The topological polar surface area (TPSA) is 111 Å². The maximum atomic E-state index is 12.5. The van der Waals surface area contributed by atoms with E-state index in [1.54, 1.807) is 43.8 Å². The molecule has 0 aliphatic carbocycles. The predicted molar refractivity (Wildman–Crippen MR) is 115 cm³/mol. The van der Waals surface area contributed by atoms with Crippen molar-refractivity contribution in [1.82, 2.24) is 24.5 Å². The van der Waals surface area contributed by atoms with Crippen molar-refractivity contribution < 1.29 is 13.2 Å². The first-order chi connectivity index (χ1) is 14.2. The van der Waals surface area contributed by atoms with E-state index in [0.29, 0.717) is 29.8 Å². The second-order valence-electron chi connectivity index (χ2n) is 6.95. The monoisotopic (exact) mass is 430 g/mol. The maximum absolute atomic E-state index is 12.5. The zero-order valence-electron chi connectivity index (χ0n) is 17.7. The van der Waals surface area contributed by atoms with Gasteiger partial charge in [-0.05, 0) is 57.5 Å². The normalized spacial score (nSPS) is 11.5. The minimum absolute atomic E-state index is 0.200. The number of nitrogens with zero attached hydrogens (tertiary/aromatic N) is 4. The quantitative estimate of drug-likeness (QED) is 0.528. The Hall–Kier alpha value is -2.98. The first-order valence-electron chi connectivity index (χ1n) is 9.47. The van der Waals surface area contributed by atoms with Crippen LogP contribution in [-0.2, 0) is 10.0 Å². The number of nitrogens with one attached hydrogen (secondary N) is 2. The Kier molecular flexibility index (Phi) is 6.37. The first-order valence-corrected chi connectivity index (χ1v) is 11.0. The van der Waals surface area contributed by atoms with Gasteiger partial charge in [0.05, 0.1) is 17.7 Å². The van der Waals surface area contributed by atoms with Gasteiger partial charge in [-0.15, -0.1) is 0 Å². The molecule has 160 valence electrons. The van der Waals surface area contributed by atoms with Crippen LogP contribution in [0, 0.1) is 27.7 Å². The summed E-state index contributed by atoms with van der Waals surface area (Å²) in [6, 6.07) is 8.51. The van der Waals surface area contributed by atoms with E-state index in [1.807, 2.05) is 19.9 Å². The molecule has 0 spiro atoms. The number of rotatable bonds is 8. The molecule has 0 aliphatic heterocycles. The lowest BCUT2D eigenvalue weighted by atomic mass is 10.2. The van der Waals surface area contributed by atoms with E-state index in [-0.39, 0.29) is 11.4 Å². The molecule has 0 aliphatic rings. The van der Waals surface area contributed by atoms with Gasteiger partial charge in [0.15, 0.2) is 5.82 Å². The molecule has 2 heterocycles. The summed E-state index contributed by atoms with van der Waals surface area (Å²) < 4.78 is 34.5. The molecule has 0 saturated carbocycles. The van der Waals surface area contributed by atoms with Crippen molar-refractivity contribution in [2.45, 2.75) is 32.6 Å². The van der Waals surface area contributed by atoms with Crippen LogP contribution in [0.3, 0.4) is 0 Å². The van der Waals surface area contributed by atoms with Gasteiger partial charge in [0.2, 0.25) is 10.0 Å². The van der Waals surface area contributed by atoms with Crippen molar-refractivity contribution in [3.8, 4) is 11.6 Å². The molecule has 0 saturated heterocycles. The van der Waals surface area contributed by atoms with Gasteiger partial charge in [-0.25, -0.2) is 27.8 Å². The summed E-state index contributed by atoms with van der Waals surface area (Å²) in [6.45, 7) is 8.05. The van der Waals surface area contributed by atoms with Crippen molar-refractivity contribution >= 4 is 15.8 Å². The molecule has 3 rings (SSSR count). The molecule has 0 bridgehead atoms. The first kappa shape index (κ1) is 21.7. The third-order valence-corrected chi connectivity index (χ3v) is 5.91. The van der Waals surface area contributed by atoms with Crippen LogP contribution in [0.1, 0.15) is 22.8 Å². The van der Waals surface area contributed by atoms with Crippen molar-refractivity contribution in [2.24, 2.45) is 0 Å². The second-order valence-corrected chi connectivity index (χ2v) is 8.72. The Morgan fingerprint density at radius 2 is 1.80 bits per heavy atom. The molecule has 0 unspecified atom stereocenters. The van der Waals surface area contributed by atoms with E-state index < -0.39 is 10.0 Å². The van der Waals surface area contributed by atoms with Gasteiger partial charge in [0, 0.05) is 24.8 Å². The molecule has 3 aromatic rings. The summed E-state index contributed by atoms with van der Waals surface area (Å²) in [4.78, 5) is 9.00. The number of sulfonamides is 1. The largest absolute Gasteiger partial charge is 0.496 e. The molecule has 9 nitrogen and oxygen atoms in total. The zero-order chi connectivity index (χ0) is 21.9. The SMILES string of the molecule is COc1ccc(S(=O)(=O)NCCNc2cc(-n3nc(C)cc3C)nc(C)n2)cc1C. The highest BCUT2D eigenvalue weighted by Crippen LogP contribution is 2.21. The van der Waals surface area contributed by atoms with Crippen molar-refractivity contribution in [3.63, 3.8) is 0 Å². The average Bonchev–Trinajstić information content (AvgIpc) is 3.03. The number of anilines is 1. The zero-order valence-corrected chi connectivity index (χ0v) is 18.5. The van der Waals surface area contributed by atoms with Gasteiger partial charge in [-0.2, -0.15) is 5.10 Å². The molecule has 0 radical (unpaired) electrons. The fraction of sp³-hybridized carbons (Fsp3) is 0.350. The average molecular weight is 431 g/mol. The fourth-order valence-electron chi connectivity index (χ4n) is 3.09. The van der Waals surface area contributed by atoms with Crippen LogP contribution in [0.25, 0.3) is 5.82 Å². The number of aromatic nitrogens is 4. The predicted octanol–water partition coefficient (Wildman–Crippen LogP) is 2.29. The minimum atomic E-state index is -3.62. The van der Waals surface area contributed by atoms with Gasteiger partial charge in [-0.1, -0.05) is 0 Å². The molecule has 0 atom stereocenters. The molecular weight excluding hydrogens is 404 g/mol. The van der Waals surface area contributed by atoms with E-state index in [2.05, 4.69) is 25.1 Å². The summed E-state index contributed by atoms with van der Waals surface area (Å²) >= 11 is 0. The summed E-state index contributed by atoms with van der Waals surface area (Å²) in [5.74, 6) is 2.50. The van der Waals surface area contributed by atoms with Crippen LogP contribution in [0.15, 0.2) is 35.2 Å². The minimum Gasteiger partial charge on any atom is -0.496 e. The number of hydrogen-bond acceptors (Lipinski definition) is 7. The number of benzene rings is 1. The Bertz CT molecular complexity index is 1160. The summed E-state index contributed by atoms with van der Waals surface area (Å²) in [6.07, 6.45) is 0. The van der Waals surface area contributed by atoms with Gasteiger partial charge in [0.25, 0.3) is 0 Å². The van der Waals surface area contributed by atoms with E-state index in [1.165, 1.54) is 6.07 Å². The van der Waals surface area contributed by atoms with Crippen LogP contribution in [-0.4, -0.2) is 48.4 Å². The third-order valence-electron chi connectivity index (χ3n) is 4.45. The van der Waals surface area contributed by atoms with E-state index >= 15 is 0 Å². The molecule has 30 heavy (non-hydrogen) atoms. The van der Waals surface area contributed by atoms with Crippen molar-refractivity contribution in [1.29, 1.82) is 0 Å². The second kappa shape index (κ2) is 8.80. The number of ether oxygens (including phenoxy) is 1. The van der Waals surface area contributed by atoms with Crippen LogP contribution >= 0.6 is 0 Å². The highest BCUT2D eigenvalue weighted by molar-refractivity contribution is 7.89. The van der Waals surface area contributed by atoms with Crippen LogP contribution in [0.5, 0.6) is 5.75 Å². The highest BCUT2D eigenvalue weighted by atomic mass is 32.2. The fourth-order valence-corrected chi connectivity index (χ4v) is 4.21. The highest BCUT2D eigenvalue weighted by Gasteiger charge is 2.15. The molecule has 0 fully saturated rings. The molecule has 10 heteroatoms. The van der Waals surface area contributed by atoms with Crippen LogP contribution in [0.2, 0.25) is 0 Å². The van der Waals surface area contributed by atoms with Crippen LogP contribution in [0.4, 0.5) is 5.82 Å². The molecule has 1 aromatic carbocycles. The van der Waals surface area contributed by atoms with Gasteiger partial charge >= 0.3 is 0 Å².